The Morgan fingerprint density at radius 2 is 1.84 bits per heavy atom. The van der Waals surface area contributed by atoms with Crippen molar-refractivity contribution in [3.63, 3.8) is 0 Å². The second-order valence-electron chi connectivity index (χ2n) is 7.21. The molecule has 1 aromatic carbocycles. The third-order valence-corrected chi connectivity index (χ3v) is 8.28. The molecule has 1 aliphatic heterocycles. The van der Waals surface area contributed by atoms with Gasteiger partial charge in [-0.2, -0.15) is 4.31 Å². The highest BCUT2D eigenvalue weighted by Crippen LogP contribution is 2.32. The van der Waals surface area contributed by atoms with Crippen LogP contribution in [0.3, 0.4) is 0 Å². The van der Waals surface area contributed by atoms with Crippen LogP contribution in [0, 0.1) is 12.3 Å². The molecule has 0 aliphatic carbocycles. The first-order valence-electron chi connectivity index (χ1n) is 9.75. The number of aromatic nitrogens is 3. The number of H-pyrrole nitrogens is 1. The number of fused-ring (bicyclic) bond motifs is 1. The smallest absolute Gasteiger partial charge is 0.258 e. The van der Waals surface area contributed by atoms with Crippen LogP contribution >= 0.6 is 11.3 Å². The van der Waals surface area contributed by atoms with Gasteiger partial charge in [-0.15, -0.1) is 6.42 Å². The molecule has 4 heterocycles. The van der Waals surface area contributed by atoms with Crippen molar-refractivity contribution in [2.75, 3.05) is 31.1 Å². The molecule has 1 saturated heterocycles. The molecule has 0 spiro atoms. The van der Waals surface area contributed by atoms with E-state index in [0.717, 1.165) is 32.0 Å². The zero-order chi connectivity index (χ0) is 21.4. The van der Waals surface area contributed by atoms with E-state index < -0.39 is 10.0 Å². The first kappa shape index (κ1) is 19.8. The zero-order valence-electron chi connectivity index (χ0n) is 16.5. The van der Waals surface area contributed by atoms with Gasteiger partial charge in [0.1, 0.15) is 5.03 Å². The lowest BCUT2D eigenvalue weighted by Gasteiger charge is -2.33. The Kier molecular flexibility index (Phi) is 4.98. The molecule has 3 aromatic heterocycles. The third kappa shape index (κ3) is 3.70. The Balaban J connectivity index is 1.31. The number of terminal acetylenes is 1. The lowest BCUT2D eigenvalue weighted by molar-refractivity contribution is 0.383. The van der Waals surface area contributed by atoms with Crippen LogP contribution in [0.5, 0.6) is 0 Å². The standard InChI is InChI=1S/C22H19N5O2S2/c1-2-16-3-4-19-18(13-16)14-21(25-19)31(28,29)27-11-9-26(10-12-27)22-24-15-20(30-22)17-5-7-23-8-6-17/h1,3-8,13-15,25H,9-12H2. The Morgan fingerprint density at radius 1 is 1.06 bits per heavy atom. The van der Waals surface area contributed by atoms with Crippen LogP contribution in [0.4, 0.5) is 5.13 Å². The molecule has 9 heteroatoms. The van der Waals surface area contributed by atoms with Gasteiger partial charge in [0, 0.05) is 61.2 Å². The molecule has 0 unspecified atom stereocenters. The highest BCUT2D eigenvalue weighted by Gasteiger charge is 2.30. The minimum absolute atomic E-state index is 0.194. The number of nitrogens with one attached hydrogen (secondary N) is 1. The number of nitrogens with zero attached hydrogens (tertiary/aromatic N) is 4. The maximum Gasteiger partial charge on any atom is 0.258 e. The number of sulfonamides is 1. The molecule has 156 valence electrons. The summed E-state index contributed by atoms with van der Waals surface area (Å²) in [4.78, 5) is 14.8. The highest BCUT2D eigenvalue weighted by atomic mass is 32.2. The van der Waals surface area contributed by atoms with Crippen molar-refractivity contribution in [3.05, 3.63) is 60.6 Å². The molecule has 1 fully saturated rings. The Bertz CT molecular complexity index is 1380. The van der Waals surface area contributed by atoms with Gasteiger partial charge in [-0.25, -0.2) is 13.4 Å². The summed E-state index contributed by atoms with van der Waals surface area (Å²) in [5.74, 6) is 2.58. The first-order chi connectivity index (χ1) is 15.0. The van der Waals surface area contributed by atoms with E-state index in [1.807, 2.05) is 30.5 Å². The maximum absolute atomic E-state index is 13.2. The van der Waals surface area contributed by atoms with E-state index in [1.54, 1.807) is 35.9 Å². The Hall–Kier alpha value is -3.19. The zero-order valence-corrected chi connectivity index (χ0v) is 18.2. The number of pyridine rings is 1. The monoisotopic (exact) mass is 449 g/mol. The predicted molar refractivity (Wildman–Crippen MR) is 123 cm³/mol. The van der Waals surface area contributed by atoms with E-state index in [-0.39, 0.29) is 5.03 Å². The molecule has 0 bridgehead atoms. The predicted octanol–water partition coefficient (Wildman–Crippen LogP) is 3.18. The van der Waals surface area contributed by atoms with Crippen LogP contribution in [-0.4, -0.2) is 53.9 Å². The van der Waals surface area contributed by atoms with E-state index >= 15 is 0 Å². The van der Waals surface area contributed by atoms with Crippen molar-refractivity contribution < 1.29 is 8.42 Å². The van der Waals surface area contributed by atoms with Crippen LogP contribution in [0.15, 0.2) is 60.0 Å². The van der Waals surface area contributed by atoms with Gasteiger partial charge < -0.3 is 9.88 Å². The SMILES string of the molecule is C#Cc1ccc2[nH]c(S(=O)(=O)N3CCN(c4ncc(-c5ccncc5)s4)CC3)cc2c1. The van der Waals surface area contributed by atoms with Gasteiger partial charge >= 0.3 is 0 Å². The van der Waals surface area contributed by atoms with Crippen molar-refractivity contribution in [2.45, 2.75) is 5.03 Å². The highest BCUT2D eigenvalue weighted by molar-refractivity contribution is 7.89. The lowest BCUT2D eigenvalue weighted by atomic mass is 10.2. The number of aromatic amines is 1. The Labute approximate surface area is 184 Å². The largest absolute Gasteiger partial charge is 0.345 e. The summed E-state index contributed by atoms with van der Waals surface area (Å²) >= 11 is 1.60. The average Bonchev–Trinajstić information content (AvgIpc) is 3.47. The molecule has 0 radical (unpaired) electrons. The molecule has 31 heavy (non-hydrogen) atoms. The number of piperazine rings is 1. The summed E-state index contributed by atoms with van der Waals surface area (Å²) in [7, 11) is -3.61. The van der Waals surface area contributed by atoms with Gasteiger partial charge in [0.25, 0.3) is 10.0 Å². The second-order valence-corrected chi connectivity index (χ2v) is 10.1. The van der Waals surface area contributed by atoms with Crippen molar-refractivity contribution in [2.24, 2.45) is 0 Å². The van der Waals surface area contributed by atoms with Crippen molar-refractivity contribution in [3.8, 4) is 22.8 Å². The van der Waals surface area contributed by atoms with Gasteiger partial charge in [-0.05, 0) is 42.0 Å². The van der Waals surface area contributed by atoms with Gasteiger partial charge in [0.2, 0.25) is 0 Å². The topological polar surface area (TPSA) is 82.2 Å². The van der Waals surface area contributed by atoms with E-state index in [1.165, 1.54) is 4.31 Å². The fraction of sp³-hybridized carbons (Fsp3) is 0.182. The molecule has 4 aromatic rings. The molecule has 0 saturated carbocycles. The summed E-state index contributed by atoms with van der Waals surface area (Å²) < 4.78 is 27.8. The molecule has 1 aliphatic rings. The van der Waals surface area contributed by atoms with Gasteiger partial charge in [-0.3, -0.25) is 4.98 Å². The number of benzene rings is 1. The van der Waals surface area contributed by atoms with E-state index in [0.29, 0.717) is 26.2 Å². The van der Waals surface area contributed by atoms with Crippen LogP contribution in [0.2, 0.25) is 0 Å². The van der Waals surface area contributed by atoms with Crippen LogP contribution in [0.1, 0.15) is 5.56 Å². The van der Waals surface area contributed by atoms with Crippen molar-refractivity contribution >= 4 is 37.4 Å². The fourth-order valence-electron chi connectivity index (χ4n) is 3.65. The molecule has 7 nitrogen and oxygen atoms in total. The summed E-state index contributed by atoms with van der Waals surface area (Å²) in [6.45, 7) is 1.98. The normalized spacial score (nSPS) is 15.3. The summed E-state index contributed by atoms with van der Waals surface area (Å²) in [6, 6.07) is 11.0. The molecule has 0 atom stereocenters. The van der Waals surface area contributed by atoms with Crippen LogP contribution in [0.25, 0.3) is 21.3 Å². The van der Waals surface area contributed by atoms with Crippen LogP contribution < -0.4 is 4.90 Å². The van der Waals surface area contributed by atoms with Gasteiger partial charge in [-0.1, -0.05) is 17.3 Å². The first-order valence-corrected chi connectivity index (χ1v) is 12.0. The summed E-state index contributed by atoms with van der Waals surface area (Å²) in [5.41, 5.74) is 2.55. The number of thiazole rings is 1. The molecular formula is C22H19N5O2S2. The van der Waals surface area contributed by atoms with Gasteiger partial charge in [0.05, 0.1) is 4.88 Å². The van der Waals surface area contributed by atoms with E-state index in [9.17, 15) is 8.42 Å². The number of hydrogen-bond acceptors (Lipinski definition) is 6. The number of rotatable bonds is 4. The quantitative estimate of drug-likeness (QED) is 0.484. The second kappa shape index (κ2) is 7.81. The van der Waals surface area contributed by atoms with E-state index in [2.05, 4.69) is 25.8 Å². The molecule has 0 amide bonds. The third-order valence-electron chi connectivity index (χ3n) is 5.35. The lowest BCUT2D eigenvalue weighted by Crippen LogP contribution is -2.48. The number of hydrogen-bond donors (Lipinski definition) is 1. The Morgan fingerprint density at radius 3 is 2.58 bits per heavy atom. The van der Waals surface area contributed by atoms with Crippen LogP contribution in [-0.2, 0) is 10.0 Å². The molecule has 5 rings (SSSR count). The average molecular weight is 450 g/mol. The minimum atomic E-state index is -3.61. The van der Waals surface area contributed by atoms with E-state index in [4.69, 9.17) is 6.42 Å². The maximum atomic E-state index is 13.2. The summed E-state index contributed by atoms with van der Waals surface area (Å²) in [6.07, 6.45) is 10.8. The summed E-state index contributed by atoms with van der Waals surface area (Å²) in [5, 5.41) is 1.88. The molecule has 1 N–H and O–H groups in total. The minimum Gasteiger partial charge on any atom is -0.345 e. The number of anilines is 1. The van der Waals surface area contributed by atoms with Gasteiger partial charge in [0.15, 0.2) is 5.13 Å². The van der Waals surface area contributed by atoms with Crippen molar-refractivity contribution in [1.29, 1.82) is 0 Å². The van der Waals surface area contributed by atoms with Crippen molar-refractivity contribution in [1.82, 2.24) is 19.3 Å². The fourth-order valence-corrected chi connectivity index (χ4v) is 6.06. The molecular weight excluding hydrogens is 430 g/mol.